The average molecular weight is 666 g/mol. The van der Waals surface area contributed by atoms with Crippen LogP contribution < -0.4 is 25.6 Å². The van der Waals surface area contributed by atoms with Gasteiger partial charge >= 0.3 is 0 Å². The Morgan fingerprint density at radius 3 is 1.25 bits per heavy atom. The first-order chi connectivity index (χ1) is 25.3. The molecular formula is C49H35NSi. The molecule has 8 aromatic carbocycles. The van der Waals surface area contributed by atoms with Gasteiger partial charge in [0.2, 0.25) is 0 Å². The van der Waals surface area contributed by atoms with E-state index in [2.05, 4.69) is 217 Å². The standard InChI is InChI=1S/C49H35NSi/c1-5-19-36(20-6-1)50-47-31-17-15-29-44(47)49(45-30-16-18-32-48(45)50)43-28-14-13-27-41(43)42-34-33-40(35-46(42)49)51(37-21-7-2-8-22-37,38-23-9-3-10-24-38)39-25-11-4-12-26-39/h1-35H. The predicted molar refractivity (Wildman–Crippen MR) is 216 cm³/mol. The minimum Gasteiger partial charge on any atom is -0.310 e. The molecule has 0 atom stereocenters. The molecule has 1 spiro atoms. The molecule has 0 bridgehead atoms. The number of rotatable bonds is 5. The molecule has 1 heterocycles. The molecule has 0 aromatic heterocycles. The number of hydrogen-bond donors (Lipinski definition) is 0. The zero-order chi connectivity index (χ0) is 33.8. The second-order valence-corrected chi connectivity index (χ2v) is 17.4. The maximum Gasteiger partial charge on any atom is 0.179 e. The van der Waals surface area contributed by atoms with Crippen molar-refractivity contribution in [3.05, 3.63) is 235 Å². The van der Waals surface area contributed by atoms with Crippen LogP contribution in [-0.2, 0) is 5.41 Å². The average Bonchev–Trinajstić information content (AvgIpc) is 3.50. The largest absolute Gasteiger partial charge is 0.310 e. The van der Waals surface area contributed by atoms with E-state index in [9.17, 15) is 0 Å². The van der Waals surface area contributed by atoms with Crippen LogP contribution in [0.25, 0.3) is 11.1 Å². The molecule has 8 aromatic rings. The van der Waals surface area contributed by atoms with Crippen LogP contribution in [0.15, 0.2) is 212 Å². The zero-order valence-corrected chi connectivity index (χ0v) is 29.2. The lowest BCUT2D eigenvalue weighted by Crippen LogP contribution is -2.74. The van der Waals surface area contributed by atoms with E-state index in [1.165, 1.54) is 65.5 Å². The Balaban J connectivity index is 1.34. The molecule has 0 amide bonds. The Kier molecular flexibility index (Phi) is 6.80. The van der Waals surface area contributed by atoms with Crippen molar-refractivity contribution in [2.24, 2.45) is 0 Å². The number of nitrogens with zero attached hydrogens (tertiary/aromatic N) is 1. The quantitative estimate of drug-likeness (QED) is 0.131. The molecule has 51 heavy (non-hydrogen) atoms. The molecule has 0 saturated heterocycles. The molecule has 10 rings (SSSR count). The van der Waals surface area contributed by atoms with Gasteiger partial charge in [-0.05, 0) is 78.4 Å². The summed E-state index contributed by atoms with van der Waals surface area (Å²) < 4.78 is 0. The van der Waals surface area contributed by atoms with Crippen LogP contribution in [0.5, 0.6) is 0 Å². The second-order valence-electron chi connectivity index (χ2n) is 13.6. The second kappa shape index (κ2) is 11.7. The summed E-state index contributed by atoms with van der Waals surface area (Å²) in [5, 5.41) is 5.53. The van der Waals surface area contributed by atoms with Crippen molar-refractivity contribution in [2.45, 2.75) is 5.41 Å². The van der Waals surface area contributed by atoms with Crippen molar-refractivity contribution < 1.29 is 0 Å². The van der Waals surface area contributed by atoms with Crippen molar-refractivity contribution in [1.82, 2.24) is 0 Å². The molecular weight excluding hydrogens is 631 g/mol. The maximum atomic E-state index is 2.61. The topological polar surface area (TPSA) is 3.24 Å². The Morgan fingerprint density at radius 2 is 0.725 bits per heavy atom. The van der Waals surface area contributed by atoms with Crippen LogP contribution in [0.3, 0.4) is 0 Å². The third-order valence-electron chi connectivity index (χ3n) is 11.2. The minimum atomic E-state index is -2.79. The Hall–Kier alpha value is -6.22. The molecule has 1 nitrogen and oxygen atoms in total. The fourth-order valence-corrected chi connectivity index (χ4v) is 14.0. The number of fused-ring (bicyclic) bond motifs is 9. The summed E-state index contributed by atoms with van der Waals surface area (Å²) in [7, 11) is -2.79. The van der Waals surface area contributed by atoms with Gasteiger partial charge in [0.05, 0.1) is 16.8 Å². The summed E-state index contributed by atoms with van der Waals surface area (Å²) in [6, 6.07) is 79.4. The summed E-state index contributed by atoms with van der Waals surface area (Å²) in [6.07, 6.45) is 0. The lowest BCUT2D eigenvalue weighted by molar-refractivity contribution is 0.753. The number of para-hydroxylation sites is 3. The highest BCUT2D eigenvalue weighted by Crippen LogP contribution is 2.63. The monoisotopic (exact) mass is 665 g/mol. The summed E-state index contributed by atoms with van der Waals surface area (Å²) in [5.41, 5.74) is 11.0. The minimum absolute atomic E-state index is 0.509. The number of anilines is 3. The van der Waals surface area contributed by atoms with E-state index in [-0.39, 0.29) is 0 Å². The highest BCUT2D eigenvalue weighted by Gasteiger charge is 2.52. The highest BCUT2D eigenvalue weighted by molar-refractivity contribution is 7.19. The molecule has 2 heteroatoms. The van der Waals surface area contributed by atoms with E-state index in [0.717, 1.165) is 5.69 Å². The summed E-state index contributed by atoms with van der Waals surface area (Å²) in [5.74, 6) is 0. The molecule has 0 unspecified atom stereocenters. The van der Waals surface area contributed by atoms with Gasteiger partial charge in [-0.1, -0.05) is 188 Å². The molecule has 0 fully saturated rings. The van der Waals surface area contributed by atoms with Gasteiger partial charge in [0.25, 0.3) is 0 Å². The van der Waals surface area contributed by atoms with E-state index < -0.39 is 13.5 Å². The molecule has 0 saturated carbocycles. The van der Waals surface area contributed by atoms with Gasteiger partial charge in [-0.3, -0.25) is 0 Å². The molecule has 240 valence electrons. The third kappa shape index (κ3) is 4.14. The van der Waals surface area contributed by atoms with Crippen molar-refractivity contribution in [1.29, 1.82) is 0 Å². The summed E-state index contributed by atoms with van der Waals surface area (Å²) in [4.78, 5) is 2.46. The van der Waals surface area contributed by atoms with E-state index in [4.69, 9.17) is 0 Å². The van der Waals surface area contributed by atoms with E-state index in [1.807, 2.05) is 0 Å². The van der Waals surface area contributed by atoms with Crippen LogP contribution in [0.2, 0.25) is 0 Å². The van der Waals surface area contributed by atoms with E-state index in [0.29, 0.717) is 0 Å². The van der Waals surface area contributed by atoms with Gasteiger partial charge in [0.1, 0.15) is 0 Å². The van der Waals surface area contributed by atoms with Gasteiger partial charge in [-0.15, -0.1) is 0 Å². The van der Waals surface area contributed by atoms with Crippen LogP contribution in [-0.4, -0.2) is 8.07 Å². The number of hydrogen-bond acceptors (Lipinski definition) is 1. The van der Waals surface area contributed by atoms with Gasteiger partial charge in [-0.25, -0.2) is 0 Å². The third-order valence-corrected chi connectivity index (χ3v) is 16.0. The molecule has 0 radical (unpaired) electrons. The predicted octanol–water partition coefficient (Wildman–Crippen LogP) is 9.21. The van der Waals surface area contributed by atoms with Crippen LogP contribution in [0, 0.1) is 0 Å². The van der Waals surface area contributed by atoms with Crippen LogP contribution >= 0.6 is 0 Å². The molecule has 0 N–H and O–H groups in total. The van der Waals surface area contributed by atoms with Crippen molar-refractivity contribution in [3.63, 3.8) is 0 Å². The summed E-state index contributed by atoms with van der Waals surface area (Å²) in [6.45, 7) is 0. The van der Waals surface area contributed by atoms with Crippen molar-refractivity contribution in [3.8, 4) is 11.1 Å². The number of benzene rings is 8. The van der Waals surface area contributed by atoms with Gasteiger partial charge in [0, 0.05) is 5.69 Å². The first-order valence-electron chi connectivity index (χ1n) is 17.8. The van der Waals surface area contributed by atoms with E-state index in [1.54, 1.807) is 0 Å². The van der Waals surface area contributed by atoms with Crippen molar-refractivity contribution in [2.75, 3.05) is 4.90 Å². The van der Waals surface area contributed by atoms with Crippen LogP contribution in [0.1, 0.15) is 22.3 Å². The normalized spacial score (nSPS) is 13.6. The maximum absolute atomic E-state index is 2.79. The van der Waals surface area contributed by atoms with Crippen LogP contribution in [0.4, 0.5) is 17.1 Å². The first-order valence-corrected chi connectivity index (χ1v) is 19.8. The Labute approximate surface area is 300 Å². The van der Waals surface area contributed by atoms with Gasteiger partial charge < -0.3 is 4.90 Å². The Bertz CT molecular complexity index is 2380. The fourth-order valence-electron chi connectivity index (χ4n) is 9.26. The zero-order valence-electron chi connectivity index (χ0n) is 28.2. The Morgan fingerprint density at radius 1 is 0.314 bits per heavy atom. The molecule has 1 aliphatic heterocycles. The molecule has 2 aliphatic rings. The SMILES string of the molecule is c1ccc(N2c3ccccc3C3(c4ccccc4-c4ccc([Si](c5ccccc5)(c5ccccc5)c5ccccc5)cc43)c3ccccc32)cc1. The fraction of sp³-hybridized carbons (Fsp3) is 0.0204. The van der Waals surface area contributed by atoms with E-state index >= 15 is 0 Å². The lowest BCUT2D eigenvalue weighted by atomic mass is 9.64. The molecule has 1 aliphatic carbocycles. The highest BCUT2D eigenvalue weighted by atomic mass is 28.3. The smallest absolute Gasteiger partial charge is 0.179 e. The van der Waals surface area contributed by atoms with Gasteiger partial charge in [0.15, 0.2) is 8.07 Å². The first kappa shape index (κ1) is 29.7. The van der Waals surface area contributed by atoms with Crippen molar-refractivity contribution >= 4 is 45.9 Å². The van der Waals surface area contributed by atoms with Gasteiger partial charge in [-0.2, -0.15) is 0 Å². The lowest BCUT2D eigenvalue weighted by Gasteiger charge is -2.45. The summed E-state index contributed by atoms with van der Waals surface area (Å²) >= 11 is 0.